The molecule has 0 saturated carbocycles. The molecule has 0 spiro atoms. The van der Waals surface area contributed by atoms with Crippen LogP contribution in [0.25, 0.3) is 11.1 Å². The first-order chi connectivity index (χ1) is 19.7. The first kappa shape index (κ1) is 32.6. The molecule has 0 amide bonds. The highest BCUT2D eigenvalue weighted by Crippen LogP contribution is 2.38. The van der Waals surface area contributed by atoms with Crippen molar-refractivity contribution in [2.45, 2.75) is 25.0 Å². The van der Waals surface area contributed by atoms with Gasteiger partial charge in [-0.15, -0.1) is 0 Å². The molecule has 3 unspecified atom stereocenters. The lowest BCUT2D eigenvalue weighted by Crippen LogP contribution is -2.31. The number of fused-ring (bicyclic) bond motifs is 1. The van der Waals surface area contributed by atoms with Crippen molar-refractivity contribution in [1.29, 1.82) is 0 Å². The number of ether oxygens (including phenoxy) is 2. The molecule has 0 radical (unpaired) electrons. The first-order valence-electron chi connectivity index (χ1n) is 14.8. The van der Waals surface area contributed by atoms with E-state index in [2.05, 4.69) is 125 Å². The Kier molecular flexibility index (Phi) is 15.0. The van der Waals surface area contributed by atoms with Gasteiger partial charge in [-0.05, 0) is 29.5 Å². The van der Waals surface area contributed by atoms with Gasteiger partial charge in [0.2, 0.25) is 0 Å². The second-order valence-electron chi connectivity index (χ2n) is 10.7. The van der Waals surface area contributed by atoms with Crippen molar-refractivity contribution in [2.75, 3.05) is 99.1 Å². The smallest absolute Gasteiger partial charge is 0.0849 e. The van der Waals surface area contributed by atoms with Gasteiger partial charge in [0, 0.05) is 72.9 Å². The molecule has 2 saturated heterocycles. The first-order valence-corrected chi connectivity index (χ1v) is 19.4. The van der Waals surface area contributed by atoms with E-state index in [-0.39, 0.29) is 6.10 Å². The zero-order valence-corrected chi connectivity index (χ0v) is 27.7. The summed E-state index contributed by atoms with van der Waals surface area (Å²) in [4.78, 5) is 5.07. The molecule has 2 aliphatic rings. The van der Waals surface area contributed by atoms with E-state index in [0.29, 0.717) is 12.1 Å². The number of hydrogen-bond donors (Lipinski definition) is 0. The normalized spacial score (nSPS) is 25.9. The van der Waals surface area contributed by atoms with Gasteiger partial charge in [-0.1, -0.05) is 61.5 Å². The average molecular weight is 621 g/mol. The van der Waals surface area contributed by atoms with E-state index in [1.165, 1.54) is 69.3 Å². The maximum Gasteiger partial charge on any atom is 0.0849 e. The molecule has 222 valence electrons. The Bertz CT molecular complexity index is 952. The summed E-state index contributed by atoms with van der Waals surface area (Å²) in [5, 5.41) is 0. The van der Waals surface area contributed by atoms with E-state index in [4.69, 9.17) is 9.47 Å². The quantitative estimate of drug-likeness (QED) is 0.240. The Morgan fingerprint density at radius 2 is 1.65 bits per heavy atom. The predicted molar refractivity (Wildman–Crippen MR) is 183 cm³/mol. The fourth-order valence-corrected chi connectivity index (χ4v) is 9.70. The van der Waals surface area contributed by atoms with E-state index in [0.717, 1.165) is 39.3 Å². The molecule has 0 aliphatic carbocycles. The van der Waals surface area contributed by atoms with Crippen LogP contribution in [0.1, 0.15) is 12.5 Å². The Hall–Kier alpha value is -0.320. The third-order valence-corrected chi connectivity index (χ3v) is 12.4. The summed E-state index contributed by atoms with van der Waals surface area (Å²) in [7, 11) is 2.22. The Labute approximate surface area is 260 Å². The minimum atomic E-state index is 0.0744. The average Bonchev–Trinajstić information content (AvgIpc) is 3.67. The highest BCUT2D eigenvalue weighted by atomic mass is 32.2. The fraction of sp³-hybridized carbons (Fsp3) is 0.625. The number of hydrogen-bond acceptors (Lipinski definition) is 8. The van der Waals surface area contributed by atoms with Gasteiger partial charge < -0.3 is 14.4 Å². The highest BCUT2D eigenvalue weighted by Gasteiger charge is 2.50. The molecule has 4 nitrogen and oxygen atoms in total. The van der Waals surface area contributed by atoms with Gasteiger partial charge >= 0.3 is 0 Å². The van der Waals surface area contributed by atoms with Gasteiger partial charge in [0.1, 0.15) is 0 Å². The number of likely N-dealkylation sites (N-methyl/N-ethyl adjacent to an activating group) is 1. The van der Waals surface area contributed by atoms with E-state index in [1.807, 2.05) is 0 Å². The zero-order valence-electron chi connectivity index (χ0n) is 24.4. The summed E-state index contributed by atoms with van der Waals surface area (Å²) in [6.07, 6.45) is 0.955. The lowest BCUT2D eigenvalue weighted by molar-refractivity contribution is -0.0219. The minimum Gasteiger partial charge on any atom is -0.377 e. The van der Waals surface area contributed by atoms with Gasteiger partial charge in [-0.25, -0.2) is 0 Å². The number of thioether (sulfide) groups is 4. The van der Waals surface area contributed by atoms with E-state index >= 15 is 0 Å². The molecule has 0 bridgehead atoms. The molecule has 2 aromatic rings. The van der Waals surface area contributed by atoms with Gasteiger partial charge in [0.05, 0.1) is 31.5 Å². The summed E-state index contributed by atoms with van der Waals surface area (Å²) < 4.78 is 12.7. The van der Waals surface area contributed by atoms with Crippen LogP contribution in [-0.4, -0.2) is 121 Å². The second-order valence-corrected chi connectivity index (χ2v) is 15.5. The van der Waals surface area contributed by atoms with Crippen molar-refractivity contribution in [2.24, 2.45) is 0 Å². The number of nitrogens with zero attached hydrogens (tertiary/aromatic N) is 2. The Morgan fingerprint density at radius 1 is 0.875 bits per heavy atom. The molecule has 2 fully saturated rings. The van der Waals surface area contributed by atoms with Crippen molar-refractivity contribution in [3.8, 4) is 11.1 Å². The third kappa shape index (κ3) is 11.4. The minimum absolute atomic E-state index is 0.0744. The number of benzene rings is 2. The molecule has 0 aromatic heterocycles. The van der Waals surface area contributed by atoms with Crippen LogP contribution in [0.2, 0.25) is 0 Å². The van der Waals surface area contributed by atoms with Crippen molar-refractivity contribution in [3.05, 3.63) is 60.2 Å². The summed E-state index contributed by atoms with van der Waals surface area (Å²) in [6.45, 7) is 8.77. The summed E-state index contributed by atoms with van der Waals surface area (Å²) >= 11 is 8.47. The standard InChI is InChI=1S/C32H48N2O2S4/c1-3-37-19-21-39-26-32-25-34(32)14-16-35-24-31(36-17-13-33(2)15-18-38-20-22-40-27-32)23-28-9-11-30(12-10-28)29-7-5-4-6-8-29/h4-12,31H,3,13-27H2,1-2H3. The summed E-state index contributed by atoms with van der Waals surface area (Å²) in [6, 6.07) is 19.6. The Balaban J connectivity index is 1.30. The molecule has 0 N–H and O–H groups in total. The van der Waals surface area contributed by atoms with Gasteiger partial charge in [0.25, 0.3) is 0 Å². The number of rotatable bonds is 9. The topological polar surface area (TPSA) is 24.7 Å². The van der Waals surface area contributed by atoms with Crippen LogP contribution in [-0.2, 0) is 15.9 Å². The van der Waals surface area contributed by atoms with Gasteiger partial charge in [0.15, 0.2) is 0 Å². The molecular formula is C32H48N2O2S4. The largest absolute Gasteiger partial charge is 0.377 e. The van der Waals surface area contributed by atoms with Crippen molar-refractivity contribution in [1.82, 2.24) is 9.80 Å². The van der Waals surface area contributed by atoms with Crippen LogP contribution in [0.4, 0.5) is 0 Å². The molecule has 3 atom stereocenters. The molecule has 2 heterocycles. The van der Waals surface area contributed by atoms with Crippen LogP contribution in [0.15, 0.2) is 54.6 Å². The van der Waals surface area contributed by atoms with Crippen LogP contribution < -0.4 is 0 Å². The molecular weight excluding hydrogens is 573 g/mol. The van der Waals surface area contributed by atoms with Crippen LogP contribution >= 0.6 is 47.0 Å². The maximum atomic E-state index is 6.42. The third-order valence-electron chi connectivity index (χ3n) is 7.52. The SMILES string of the molecule is CCSCCSCC12CSCCSCCN(C)CCOC(Cc3ccc(-c4ccccc4)cc3)COCCN1C2. The Morgan fingerprint density at radius 3 is 2.48 bits per heavy atom. The molecule has 2 aromatic carbocycles. The molecule has 2 aliphatic heterocycles. The summed E-state index contributed by atoms with van der Waals surface area (Å²) in [5.74, 6) is 9.98. The second kappa shape index (κ2) is 18.4. The van der Waals surface area contributed by atoms with Gasteiger partial charge in [-0.2, -0.15) is 47.0 Å². The van der Waals surface area contributed by atoms with E-state index in [1.54, 1.807) is 0 Å². The summed E-state index contributed by atoms with van der Waals surface area (Å²) in [5.41, 5.74) is 4.20. The highest BCUT2D eigenvalue weighted by molar-refractivity contribution is 8.03. The van der Waals surface area contributed by atoms with Crippen LogP contribution in [0.3, 0.4) is 0 Å². The maximum absolute atomic E-state index is 6.42. The molecule has 40 heavy (non-hydrogen) atoms. The fourth-order valence-electron chi connectivity index (χ4n) is 4.95. The van der Waals surface area contributed by atoms with E-state index < -0.39 is 0 Å². The van der Waals surface area contributed by atoms with Crippen molar-refractivity contribution >= 4 is 47.0 Å². The monoisotopic (exact) mass is 620 g/mol. The van der Waals surface area contributed by atoms with Gasteiger partial charge in [-0.3, -0.25) is 4.90 Å². The van der Waals surface area contributed by atoms with Crippen molar-refractivity contribution < 1.29 is 9.47 Å². The molecule has 8 heteroatoms. The van der Waals surface area contributed by atoms with E-state index in [9.17, 15) is 0 Å². The van der Waals surface area contributed by atoms with Crippen LogP contribution in [0, 0.1) is 0 Å². The molecule has 4 rings (SSSR count). The lowest BCUT2D eigenvalue weighted by atomic mass is 10.0. The predicted octanol–water partition coefficient (Wildman–Crippen LogP) is 6.25. The lowest BCUT2D eigenvalue weighted by Gasteiger charge is -2.22. The van der Waals surface area contributed by atoms with Crippen LogP contribution in [0.5, 0.6) is 0 Å². The zero-order chi connectivity index (χ0) is 27.9. The van der Waals surface area contributed by atoms with Crippen molar-refractivity contribution in [3.63, 3.8) is 0 Å².